The Morgan fingerprint density at radius 2 is 2.00 bits per heavy atom. The van der Waals surface area contributed by atoms with E-state index < -0.39 is 0 Å². The van der Waals surface area contributed by atoms with Gasteiger partial charge in [-0.2, -0.15) is 0 Å². The number of β-amino-alcohol motifs (C(OH)–C–C–N with tert-alkyl or cyclic N) is 1. The van der Waals surface area contributed by atoms with Gasteiger partial charge in [0, 0.05) is 31.4 Å². The van der Waals surface area contributed by atoms with Gasteiger partial charge in [-0.05, 0) is 63.5 Å². The molecule has 3 rings (SSSR count). The number of amides is 1. The lowest BCUT2D eigenvalue weighted by Crippen LogP contribution is -2.45. The van der Waals surface area contributed by atoms with Gasteiger partial charge < -0.3 is 15.3 Å². The molecule has 2 saturated heterocycles. The summed E-state index contributed by atoms with van der Waals surface area (Å²) < 4.78 is 0. The monoisotopic (exact) mass is 360 g/mol. The molecule has 3 heterocycles. The minimum absolute atomic E-state index is 0.0980. The Balaban J connectivity index is 1.55. The van der Waals surface area contributed by atoms with Crippen LogP contribution in [0, 0.1) is 5.92 Å². The quantitative estimate of drug-likeness (QED) is 0.770. The smallest absolute Gasteiger partial charge is 0.223 e. The number of nitrogens with zero attached hydrogens (tertiary/aromatic N) is 3. The van der Waals surface area contributed by atoms with E-state index in [0.29, 0.717) is 13.1 Å². The molecule has 1 aromatic rings. The third-order valence-corrected chi connectivity index (χ3v) is 5.74. The van der Waals surface area contributed by atoms with E-state index in [-0.39, 0.29) is 24.5 Å². The number of carbonyl (C=O) groups is 1. The van der Waals surface area contributed by atoms with E-state index in [1.165, 1.54) is 24.8 Å². The van der Waals surface area contributed by atoms with Crippen LogP contribution in [0.3, 0.4) is 0 Å². The van der Waals surface area contributed by atoms with Gasteiger partial charge in [-0.3, -0.25) is 14.7 Å². The van der Waals surface area contributed by atoms with Crippen molar-refractivity contribution in [2.45, 2.75) is 38.1 Å². The average Bonchev–Trinajstić information content (AvgIpc) is 2.70. The van der Waals surface area contributed by atoms with Crippen molar-refractivity contribution in [3.63, 3.8) is 0 Å². The van der Waals surface area contributed by atoms with Crippen molar-refractivity contribution < 1.29 is 9.90 Å². The third kappa shape index (κ3) is 5.25. The molecule has 0 saturated carbocycles. The largest absolute Gasteiger partial charge is 0.395 e. The normalized spacial score (nSPS) is 21.4. The van der Waals surface area contributed by atoms with E-state index >= 15 is 0 Å². The first kappa shape index (κ1) is 19.3. The van der Waals surface area contributed by atoms with Crippen molar-refractivity contribution in [1.82, 2.24) is 20.1 Å². The second-order valence-corrected chi connectivity index (χ2v) is 7.48. The van der Waals surface area contributed by atoms with Gasteiger partial charge in [0.1, 0.15) is 0 Å². The molecule has 0 bridgehead atoms. The molecule has 0 unspecified atom stereocenters. The number of carbonyl (C=O) groups excluding carboxylic acids is 1. The van der Waals surface area contributed by atoms with Gasteiger partial charge in [0.25, 0.3) is 0 Å². The summed E-state index contributed by atoms with van der Waals surface area (Å²) in [6, 6.07) is 4.30. The van der Waals surface area contributed by atoms with Crippen LogP contribution in [-0.2, 0) is 4.79 Å². The number of likely N-dealkylation sites (tertiary alicyclic amines) is 2. The van der Waals surface area contributed by atoms with Gasteiger partial charge >= 0.3 is 0 Å². The lowest BCUT2D eigenvalue weighted by Gasteiger charge is -2.35. The summed E-state index contributed by atoms with van der Waals surface area (Å²) in [5.74, 6) is 0.278. The number of rotatable bonds is 7. The minimum Gasteiger partial charge on any atom is -0.395 e. The van der Waals surface area contributed by atoms with Crippen LogP contribution in [0.1, 0.15) is 43.7 Å². The average molecular weight is 361 g/mol. The van der Waals surface area contributed by atoms with E-state index in [1.807, 2.05) is 12.3 Å². The molecule has 0 aromatic carbocycles. The predicted octanol–water partition coefficient (Wildman–Crippen LogP) is 1.43. The maximum absolute atomic E-state index is 12.7. The van der Waals surface area contributed by atoms with Crippen LogP contribution in [0.4, 0.5) is 0 Å². The van der Waals surface area contributed by atoms with Crippen molar-refractivity contribution in [3.05, 3.63) is 30.1 Å². The summed E-state index contributed by atoms with van der Waals surface area (Å²) in [6.07, 6.45) is 9.26. The minimum atomic E-state index is 0.0980. The van der Waals surface area contributed by atoms with Crippen LogP contribution >= 0.6 is 0 Å². The van der Waals surface area contributed by atoms with Crippen LogP contribution < -0.4 is 5.32 Å². The lowest BCUT2D eigenvalue weighted by atomic mass is 9.95. The Morgan fingerprint density at radius 1 is 1.23 bits per heavy atom. The van der Waals surface area contributed by atoms with Gasteiger partial charge in [0.05, 0.1) is 12.6 Å². The Bertz CT molecular complexity index is 540. The maximum atomic E-state index is 12.7. The molecule has 6 nitrogen and oxygen atoms in total. The summed E-state index contributed by atoms with van der Waals surface area (Å²) in [4.78, 5) is 21.7. The standard InChI is InChI=1S/C20H32N4O2/c25-14-13-23-11-6-17(7-12-23)20(26)22-16-19(18-5-4-8-21-15-18)24-9-2-1-3-10-24/h4-5,8,15,17,19,25H,1-3,6-7,9-14,16H2,(H,22,26)/t19-/m1/s1. The number of aliphatic hydroxyl groups excluding tert-OH is 1. The highest BCUT2D eigenvalue weighted by Gasteiger charge is 2.27. The molecule has 2 aliphatic heterocycles. The maximum Gasteiger partial charge on any atom is 0.223 e. The van der Waals surface area contributed by atoms with E-state index in [1.54, 1.807) is 6.20 Å². The second-order valence-electron chi connectivity index (χ2n) is 7.48. The summed E-state index contributed by atoms with van der Waals surface area (Å²) in [6.45, 7) is 5.55. The first-order valence-electron chi connectivity index (χ1n) is 10.0. The van der Waals surface area contributed by atoms with Crippen LogP contribution in [-0.4, -0.2) is 71.7 Å². The zero-order chi connectivity index (χ0) is 18.2. The van der Waals surface area contributed by atoms with Crippen molar-refractivity contribution in [2.24, 2.45) is 5.92 Å². The number of nitrogens with one attached hydrogen (secondary N) is 1. The summed E-state index contributed by atoms with van der Waals surface area (Å²) in [7, 11) is 0. The first-order valence-corrected chi connectivity index (χ1v) is 10.0. The number of hydrogen-bond acceptors (Lipinski definition) is 5. The fourth-order valence-corrected chi connectivity index (χ4v) is 4.16. The van der Waals surface area contributed by atoms with Crippen LogP contribution in [0.15, 0.2) is 24.5 Å². The highest BCUT2D eigenvalue weighted by atomic mass is 16.3. The van der Waals surface area contributed by atoms with Crippen molar-refractivity contribution in [3.8, 4) is 0 Å². The van der Waals surface area contributed by atoms with E-state index in [4.69, 9.17) is 5.11 Å². The number of aromatic nitrogens is 1. The first-order chi connectivity index (χ1) is 12.8. The molecule has 26 heavy (non-hydrogen) atoms. The third-order valence-electron chi connectivity index (χ3n) is 5.74. The molecule has 0 spiro atoms. The zero-order valence-corrected chi connectivity index (χ0v) is 15.6. The molecular weight excluding hydrogens is 328 g/mol. The number of piperidine rings is 2. The molecular formula is C20H32N4O2. The Hall–Kier alpha value is -1.50. The Morgan fingerprint density at radius 3 is 2.65 bits per heavy atom. The van der Waals surface area contributed by atoms with Crippen molar-refractivity contribution >= 4 is 5.91 Å². The molecule has 2 aliphatic rings. The van der Waals surface area contributed by atoms with Gasteiger partial charge in [-0.1, -0.05) is 12.5 Å². The molecule has 2 N–H and O–H groups in total. The number of aliphatic hydroxyl groups is 1. The fourth-order valence-electron chi connectivity index (χ4n) is 4.16. The van der Waals surface area contributed by atoms with Gasteiger partial charge in [0.2, 0.25) is 5.91 Å². The summed E-state index contributed by atoms with van der Waals surface area (Å²) in [5, 5.41) is 12.3. The zero-order valence-electron chi connectivity index (χ0n) is 15.6. The van der Waals surface area contributed by atoms with Crippen molar-refractivity contribution in [1.29, 1.82) is 0 Å². The Labute approximate surface area is 156 Å². The summed E-state index contributed by atoms with van der Waals surface area (Å²) >= 11 is 0. The van der Waals surface area contributed by atoms with E-state index in [2.05, 4.69) is 26.2 Å². The van der Waals surface area contributed by atoms with E-state index in [9.17, 15) is 4.79 Å². The topological polar surface area (TPSA) is 68.7 Å². The predicted molar refractivity (Wildman–Crippen MR) is 102 cm³/mol. The molecule has 1 atom stereocenters. The molecule has 1 amide bonds. The fraction of sp³-hybridized carbons (Fsp3) is 0.700. The van der Waals surface area contributed by atoms with Crippen LogP contribution in [0.5, 0.6) is 0 Å². The molecule has 0 aliphatic carbocycles. The molecule has 6 heteroatoms. The molecule has 2 fully saturated rings. The Kier molecular flexibility index (Phi) is 7.41. The lowest BCUT2D eigenvalue weighted by molar-refractivity contribution is -0.126. The van der Waals surface area contributed by atoms with Crippen molar-refractivity contribution in [2.75, 3.05) is 45.9 Å². The van der Waals surface area contributed by atoms with Gasteiger partial charge in [-0.15, -0.1) is 0 Å². The molecule has 144 valence electrons. The number of pyridine rings is 1. The second kappa shape index (κ2) is 10.00. The van der Waals surface area contributed by atoms with Gasteiger partial charge in [0.15, 0.2) is 0 Å². The molecule has 1 aromatic heterocycles. The van der Waals surface area contributed by atoms with E-state index in [0.717, 1.165) is 39.0 Å². The molecule has 0 radical (unpaired) electrons. The number of hydrogen-bond donors (Lipinski definition) is 2. The van der Waals surface area contributed by atoms with Crippen LogP contribution in [0.25, 0.3) is 0 Å². The highest BCUT2D eigenvalue weighted by molar-refractivity contribution is 5.78. The highest BCUT2D eigenvalue weighted by Crippen LogP contribution is 2.24. The van der Waals surface area contributed by atoms with Gasteiger partial charge in [-0.25, -0.2) is 0 Å². The summed E-state index contributed by atoms with van der Waals surface area (Å²) in [5.41, 5.74) is 1.19. The van der Waals surface area contributed by atoms with Crippen LogP contribution in [0.2, 0.25) is 0 Å². The SMILES string of the molecule is O=C(NC[C@H](c1cccnc1)N1CCCCC1)C1CCN(CCO)CC1.